The maximum Gasteiger partial charge on any atom is 0.224 e. The highest BCUT2D eigenvalue weighted by molar-refractivity contribution is 5.78. The molecule has 1 aromatic heterocycles. The van der Waals surface area contributed by atoms with Gasteiger partial charge in [0.05, 0.1) is 13.5 Å². The number of carbonyl (C=O) groups excluding carboxylic acids is 1. The number of aromatic nitrogens is 2. The van der Waals surface area contributed by atoms with E-state index in [4.69, 9.17) is 4.74 Å². The quantitative estimate of drug-likeness (QED) is 0.680. The number of hydrogen-bond donors (Lipinski definition) is 1. The lowest BCUT2D eigenvalue weighted by atomic mass is 10.1. The van der Waals surface area contributed by atoms with E-state index in [0.29, 0.717) is 19.4 Å². The molecule has 134 valence electrons. The van der Waals surface area contributed by atoms with Crippen molar-refractivity contribution in [3.8, 4) is 5.75 Å². The van der Waals surface area contributed by atoms with E-state index in [0.717, 1.165) is 23.7 Å². The Kier molecular flexibility index (Phi) is 6.04. The highest BCUT2D eigenvalue weighted by Gasteiger charge is 2.06. The van der Waals surface area contributed by atoms with Gasteiger partial charge in [0.15, 0.2) is 0 Å². The molecule has 3 rings (SSSR count). The second-order valence-electron chi connectivity index (χ2n) is 6.08. The van der Waals surface area contributed by atoms with Crippen LogP contribution in [0.2, 0.25) is 0 Å². The van der Waals surface area contributed by atoms with E-state index in [-0.39, 0.29) is 5.91 Å². The molecule has 5 heteroatoms. The summed E-state index contributed by atoms with van der Waals surface area (Å²) in [4.78, 5) is 16.5. The minimum absolute atomic E-state index is 0.0105. The molecule has 1 amide bonds. The highest BCUT2D eigenvalue weighted by atomic mass is 16.5. The van der Waals surface area contributed by atoms with E-state index in [1.54, 1.807) is 13.3 Å². The van der Waals surface area contributed by atoms with E-state index < -0.39 is 0 Å². The van der Waals surface area contributed by atoms with Gasteiger partial charge in [0.25, 0.3) is 0 Å². The number of benzene rings is 2. The van der Waals surface area contributed by atoms with Gasteiger partial charge in [0, 0.05) is 31.9 Å². The number of ether oxygens (including phenoxy) is 1. The SMILES string of the molecule is COc1ccc(CC(=O)NCCc2nccn2Cc2ccccc2)cc1. The predicted molar refractivity (Wildman–Crippen MR) is 101 cm³/mol. The zero-order valence-electron chi connectivity index (χ0n) is 14.9. The summed E-state index contributed by atoms with van der Waals surface area (Å²) >= 11 is 0. The molecule has 0 unspecified atom stereocenters. The molecule has 0 aliphatic carbocycles. The van der Waals surface area contributed by atoms with Crippen LogP contribution in [0.4, 0.5) is 0 Å². The monoisotopic (exact) mass is 349 g/mol. The van der Waals surface area contributed by atoms with Crippen molar-refractivity contribution in [3.63, 3.8) is 0 Å². The van der Waals surface area contributed by atoms with Gasteiger partial charge in [-0.2, -0.15) is 0 Å². The predicted octanol–water partition coefficient (Wildman–Crippen LogP) is 2.84. The number of hydrogen-bond acceptors (Lipinski definition) is 3. The highest BCUT2D eigenvalue weighted by Crippen LogP contribution is 2.11. The summed E-state index contributed by atoms with van der Waals surface area (Å²) in [7, 11) is 1.63. The molecule has 26 heavy (non-hydrogen) atoms. The average molecular weight is 349 g/mol. The van der Waals surface area contributed by atoms with Crippen LogP contribution in [0.5, 0.6) is 5.75 Å². The molecule has 0 radical (unpaired) electrons. The molecule has 5 nitrogen and oxygen atoms in total. The van der Waals surface area contributed by atoms with Gasteiger partial charge in [-0.15, -0.1) is 0 Å². The van der Waals surface area contributed by atoms with Crippen molar-refractivity contribution < 1.29 is 9.53 Å². The zero-order chi connectivity index (χ0) is 18.2. The normalized spacial score (nSPS) is 10.5. The first kappa shape index (κ1) is 17.7. The Bertz CT molecular complexity index is 826. The fourth-order valence-electron chi connectivity index (χ4n) is 2.80. The minimum atomic E-state index is 0.0105. The summed E-state index contributed by atoms with van der Waals surface area (Å²) in [6, 6.07) is 17.8. The van der Waals surface area contributed by atoms with Crippen molar-refractivity contribution in [2.75, 3.05) is 13.7 Å². The first-order chi connectivity index (χ1) is 12.7. The summed E-state index contributed by atoms with van der Waals surface area (Å²) in [5.74, 6) is 1.77. The number of nitrogens with one attached hydrogen (secondary N) is 1. The van der Waals surface area contributed by atoms with Crippen molar-refractivity contribution in [3.05, 3.63) is 83.9 Å². The van der Waals surface area contributed by atoms with Crippen LogP contribution in [0.25, 0.3) is 0 Å². The van der Waals surface area contributed by atoms with Crippen molar-refractivity contribution in [2.45, 2.75) is 19.4 Å². The van der Waals surface area contributed by atoms with Crippen LogP contribution in [0.1, 0.15) is 17.0 Å². The topological polar surface area (TPSA) is 56.1 Å². The van der Waals surface area contributed by atoms with Gasteiger partial charge in [0.1, 0.15) is 11.6 Å². The third kappa shape index (κ3) is 4.96. The van der Waals surface area contributed by atoms with Crippen LogP contribution in [0, 0.1) is 0 Å². The summed E-state index contributed by atoms with van der Waals surface area (Å²) < 4.78 is 7.24. The number of nitrogens with zero attached hydrogens (tertiary/aromatic N) is 2. The Hall–Kier alpha value is -3.08. The molecular weight excluding hydrogens is 326 g/mol. The van der Waals surface area contributed by atoms with Gasteiger partial charge in [-0.25, -0.2) is 4.98 Å². The Balaban J connectivity index is 1.47. The molecule has 1 heterocycles. The molecular formula is C21H23N3O2. The van der Waals surface area contributed by atoms with Gasteiger partial charge in [-0.3, -0.25) is 4.79 Å². The van der Waals surface area contributed by atoms with Crippen LogP contribution in [0.15, 0.2) is 67.0 Å². The molecule has 0 aliphatic heterocycles. The zero-order valence-corrected chi connectivity index (χ0v) is 14.9. The Morgan fingerprint density at radius 3 is 2.58 bits per heavy atom. The number of imidazole rings is 1. The lowest BCUT2D eigenvalue weighted by molar-refractivity contribution is -0.120. The largest absolute Gasteiger partial charge is 0.497 e. The molecule has 0 spiro atoms. The lowest BCUT2D eigenvalue weighted by Crippen LogP contribution is -2.28. The average Bonchev–Trinajstić information content (AvgIpc) is 3.10. The van der Waals surface area contributed by atoms with E-state index in [1.165, 1.54) is 5.56 Å². The fourth-order valence-corrected chi connectivity index (χ4v) is 2.80. The molecule has 0 bridgehead atoms. The Morgan fingerprint density at radius 2 is 1.85 bits per heavy atom. The minimum Gasteiger partial charge on any atom is -0.497 e. The molecule has 0 saturated heterocycles. The van der Waals surface area contributed by atoms with Crippen LogP contribution in [-0.4, -0.2) is 29.1 Å². The van der Waals surface area contributed by atoms with Crippen molar-refractivity contribution >= 4 is 5.91 Å². The Labute approximate surface area is 153 Å². The van der Waals surface area contributed by atoms with Crippen LogP contribution in [0.3, 0.4) is 0 Å². The second kappa shape index (κ2) is 8.85. The number of rotatable bonds is 8. The van der Waals surface area contributed by atoms with Crippen LogP contribution < -0.4 is 10.1 Å². The number of amides is 1. The molecule has 0 aliphatic rings. The molecule has 0 saturated carbocycles. The third-order valence-corrected chi connectivity index (χ3v) is 4.19. The van der Waals surface area contributed by atoms with Crippen molar-refractivity contribution in [1.82, 2.24) is 14.9 Å². The van der Waals surface area contributed by atoms with Gasteiger partial charge in [-0.05, 0) is 23.3 Å². The van der Waals surface area contributed by atoms with E-state index >= 15 is 0 Å². The summed E-state index contributed by atoms with van der Waals surface area (Å²) in [6.45, 7) is 1.36. The van der Waals surface area contributed by atoms with E-state index in [9.17, 15) is 4.79 Å². The number of carbonyl (C=O) groups is 1. The molecule has 2 aromatic carbocycles. The molecule has 1 N–H and O–H groups in total. The van der Waals surface area contributed by atoms with E-state index in [2.05, 4.69) is 27.0 Å². The van der Waals surface area contributed by atoms with Crippen LogP contribution >= 0.6 is 0 Å². The van der Waals surface area contributed by atoms with Gasteiger partial charge < -0.3 is 14.6 Å². The number of methoxy groups -OCH3 is 1. The maximum absolute atomic E-state index is 12.1. The van der Waals surface area contributed by atoms with Crippen molar-refractivity contribution in [2.24, 2.45) is 0 Å². The van der Waals surface area contributed by atoms with Gasteiger partial charge in [0.2, 0.25) is 5.91 Å². The standard InChI is InChI=1S/C21H23N3O2/c1-26-19-9-7-17(8-10-19)15-21(25)23-12-11-20-22-13-14-24(20)16-18-5-3-2-4-6-18/h2-10,13-14H,11-12,15-16H2,1H3,(H,23,25). The summed E-state index contributed by atoms with van der Waals surface area (Å²) in [5.41, 5.74) is 2.20. The van der Waals surface area contributed by atoms with E-state index in [1.807, 2.05) is 48.7 Å². The summed E-state index contributed by atoms with van der Waals surface area (Å²) in [5, 5.41) is 2.97. The lowest BCUT2D eigenvalue weighted by Gasteiger charge is -2.09. The first-order valence-electron chi connectivity index (χ1n) is 8.68. The Morgan fingerprint density at radius 1 is 1.08 bits per heavy atom. The molecule has 3 aromatic rings. The van der Waals surface area contributed by atoms with Crippen LogP contribution in [-0.2, 0) is 24.2 Å². The fraction of sp³-hybridized carbons (Fsp3) is 0.238. The maximum atomic E-state index is 12.1. The summed E-state index contributed by atoms with van der Waals surface area (Å²) in [6.07, 6.45) is 4.84. The third-order valence-electron chi connectivity index (χ3n) is 4.19. The van der Waals surface area contributed by atoms with Gasteiger partial charge in [-0.1, -0.05) is 42.5 Å². The first-order valence-corrected chi connectivity index (χ1v) is 8.68. The smallest absolute Gasteiger partial charge is 0.224 e. The van der Waals surface area contributed by atoms with Crippen molar-refractivity contribution in [1.29, 1.82) is 0 Å². The van der Waals surface area contributed by atoms with Gasteiger partial charge >= 0.3 is 0 Å². The molecule has 0 atom stereocenters. The molecule has 0 fully saturated rings. The second-order valence-corrected chi connectivity index (χ2v) is 6.08.